The summed E-state index contributed by atoms with van der Waals surface area (Å²) in [6, 6.07) is -1.52. The van der Waals surface area contributed by atoms with Crippen LogP contribution >= 0.6 is 0 Å². The Bertz CT molecular complexity index is 156. The van der Waals surface area contributed by atoms with Crippen LogP contribution in [0.1, 0.15) is 0 Å². The number of rotatable bonds is 2. The Morgan fingerprint density at radius 1 is 1.31 bits per heavy atom. The molecule has 1 fully saturated rings. The lowest BCUT2D eigenvalue weighted by atomic mass is 10.2. The predicted molar refractivity (Wildman–Crippen MR) is 41.3 cm³/mol. The number of halogens is 3. The summed E-state index contributed by atoms with van der Waals surface area (Å²) >= 11 is 0. The van der Waals surface area contributed by atoms with Crippen molar-refractivity contribution in [3.05, 3.63) is 0 Å². The molecular weight excluding hydrogens is 185 g/mol. The van der Waals surface area contributed by atoms with Gasteiger partial charge in [-0.3, -0.25) is 4.90 Å². The maximum atomic E-state index is 12.3. The highest BCUT2D eigenvalue weighted by Gasteiger charge is 2.42. The molecule has 1 aliphatic heterocycles. The number of alkyl halides is 3. The van der Waals surface area contributed by atoms with E-state index in [1.807, 2.05) is 0 Å². The van der Waals surface area contributed by atoms with E-state index in [1.165, 1.54) is 4.90 Å². The molecule has 0 unspecified atom stereocenters. The third-order valence-electron chi connectivity index (χ3n) is 2.09. The second kappa shape index (κ2) is 4.26. The number of ether oxygens (including phenoxy) is 1. The number of nitrogens with two attached hydrogens (primary N) is 1. The van der Waals surface area contributed by atoms with Gasteiger partial charge in [0.1, 0.15) is 6.04 Å². The third kappa shape index (κ3) is 2.82. The van der Waals surface area contributed by atoms with E-state index in [0.717, 1.165) is 0 Å². The van der Waals surface area contributed by atoms with Crippen LogP contribution in [0.4, 0.5) is 13.2 Å². The lowest BCUT2D eigenvalue weighted by molar-refractivity contribution is -0.188. The van der Waals surface area contributed by atoms with E-state index in [1.54, 1.807) is 0 Å². The molecule has 1 rings (SSSR count). The molecule has 13 heavy (non-hydrogen) atoms. The zero-order valence-electron chi connectivity index (χ0n) is 7.18. The monoisotopic (exact) mass is 198 g/mol. The lowest BCUT2D eigenvalue weighted by Crippen LogP contribution is -2.54. The van der Waals surface area contributed by atoms with E-state index >= 15 is 0 Å². The molecule has 0 radical (unpaired) electrons. The van der Waals surface area contributed by atoms with E-state index < -0.39 is 12.2 Å². The van der Waals surface area contributed by atoms with Crippen molar-refractivity contribution in [3.63, 3.8) is 0 Å². The molecule has 1 saturated heterocycles. The van der Waals surface area contributed by atoms with Crippen LogP contribution in [-0.2, 0) is 4.74 Å². The van der Waals surface area contributed by atoms with Gasteiger partial charge in [0.25, 0.3) is 0 Å². The summed E-state index contributed by atoms with van der Waals surface area (Å²) in [6.45, 7) is 0.936. The van der Waals surface area contributed by atoms with Gasteiger partial charge in [-0.1, -0.05) is 0 Å². The van der Waals surface area contributed by atoms with Gasteiger partial charge < -0.3 is 10.5 Å². The average molecular weight is 198 g/mol. The summed E-state index contributed by atoms with van der Waals surface area (Å²) < 4.78 is 42.0. The summed E-state index contributed by atoms with van der Waals surface area (Å²) in [4.78, 5) is 1.32. The van der Waals surface area contributed by atoms with Crippen LogP contribution in [0.3, 0.4) is 0 Å². The van der Waals surface area contributed by atoms with E-state index in [9.17, 15) is 13.2 Å². The van der Waals surface area contributed by atoms with Crippen LogP contribution < -0.4 is 5.73 Å². The van der Waals surface area contributed by atoms with Crippen molar-refractivity contribution in [1.82, 2.24) is 4.90 Å². The molecule has 0 aromatic carbocycles. The first kappa shape index (κ1) is 10.7. The van der Waals surface area contributed by atoms with Crippen LogP contribution in [0.2, 0.25) is 0 Å². The van der Waals surface area contributed by atoms with Crippen molar-refractivity contribution < 1.29 is 17.9 Å². The average Bonchev–Trinajstić information content (AvgIpc) is 2.05. The summed E-state index contributed by atoms with van der Waals surface area (Å²) in [5.74, 6) is 0. The highest BCUT2D eigenvalue weighted by molar-refractivity contribution is 4.80. The molecule has 78 valence electrons. The van der Waals surface area contributed by atoms with Gasteiger partial charge >= 0.3 is 6.18 Å². The van der Waals surface area contributed by atoms with Crippen molar-refractivity contribution >= 4 is 0 Å². The predicted octanol–water partition coefficient (Wildman–Crippen LogP) is 0.208. The Morgan fingerprint density at radius 3 is 2.23 bits per heavy atom. The molecule has 0 aliphatic carbocycles. The summed E-state index contributed by atoms with van der Waals surface area (Å²) in [6.07, 6.45) is -4.23. The van der Waals surface area contributed by atoms with Gasteiger partial charge in [-0.2, -0.15) is 13.2 Å². The number of hydrogen-bond acceptors (Lipinski definition) is 3. The molecule has 3 nitrogen and oxygen atoms in total. The molecule has 0 saturated carbocycles. The van der Waals surface area contributed by atoms with E-state index in [4.69, 9.17) is 10.5 Å². The quantitative estimate of drug-likeness (QED) is 0.689. The summed E-state index contributed by atoms with van der Waals surface area (Å²) in [7, 11) is 0. The van der Waals surface area contributed by atoms with Crippen LogP contribution in [0.5, 0.6) is 0 Å². The number of hydrogen-bond donors (Lipinski definition) is 1. The molecule has 0 bridgehead atoms. The fourth-order valence-corrected chi connectivity index (χ4v) is 1.38. The Kier molecular flexibility index (Phi) is 3.52. The van der Waals surface area contributed by atoms with Gasteiger partial charge in [0, 0.05) is 19.6 Å². The highest BCUT2D eigenvalue weighted by Crippen LogP contribution is 2.24. The highest BCUT2D eigenvalue weighted by atomic mass is 19.4. The minimum Gasteiger partial charge on any atom is -0.379 e. The van der Waals surface area contributed by atoms with Crippen molar-refractivity contribution in [3.8, 4) is 0 Å². The van der Waals surface area contributed by atoms with Gasteiger partial charge in [-0.25, -0.2) is 0 Å². The van der Waals surface area contributed by atoms with Gasteiger partial charge in [-0.05, 0) is 0 Å². The molecule has 1 atom stereocenters. The van der Waals surface area contributed by atoms with Gasteiger partial charge in [0.05, 0.1) is 13.2 Å². The molecule has 0 spiro atoms. The van der Waals surface area contributed by atoms with Crippen molar-refractivity contribution in [2.24, 2.45) is 5.73 Å². The zero-order chi connectivity index (χ0) is 9.90. The molecule has 2 N–H and O–H groups in total. The third-order valence-corrected chi connectivity index (χ3v) is 2.09. The van der Waals surface area contributed by atoms with E-state index in [-0.39, 0.29) is 6.54 Å². The molecular formula is C7H13F3N2O. The van der Waals surface area contributed by atoms with Crippen molar-refractivity contribution in [2.45, 2.75) is 12.2 Å². The summed E-state index contributed by atoms with van der Waals surface area (Å²) in [5, 5.41) is 0. The molecule has 0 aromatic rings. The van der Waals surface area contributed by atoms with Crippen molar-refractivity contribution in [2.75, 3.05) is 32.8 Å². The largest absolute Gasteiger partial charge is 0.405 e. The number of nitrogens with zero attached hydrogens (tertiary/aromatic N) is 1. The van der Waals surface area contributed by atoms with Gasteiger partial charge in [0.15, 0.2) is 0 Å². The molecule has 0 amide bonds. The van der Waals surface area contributed by atoms with Gasteiger partial charge in [-0.15, -0.1) is 0 Å². The fourth-order valence-electron chi connectivity index (χ4n) is 1.38. The van der Waals surface area contributed by atoms with Crippen LogP contribution in [0.25, 0.3) is 0 Å². The van der Waals surface area contributed by atoms with Crippen LogP contribution in [-0.4, -0.2) is 50.0 Å². The van der Waals surface area contributed by atoms with E-state index in [2.05, 4.69) is 0 Å². The first-order chi connectivity index (χ1) is 6.05. The van der Waals surface area contributed by atoms with Crippen LogP contribution in [0, 0.1) is 0 Å². The normalized spacial score (nSPS) is 23.1. The smallest absolute Gasteiger partial charge is 0.379 e. The first-order valence-electron chi connectivity index (χ1n) is 4.14. The SMILES string of the molecule is NC[C@H](N1CCOCC1)C(F)(F)F. The van der Waals surface area contributed by atoms with E-state index in [0.29, 0.717) is 26.3 Å². The molecule has 6 heteroatoms. The maximum absolute atomic E-state index is 12.3. The Hall–Kier alpha value is -0.330. The lowest BCUT2D eigenvalue weighted by Gasteiger charge is -2.34. The van der Waals surface area contributed by atoms with Crippen molar-refractivity contribution in [1.29, 1.82) is 0 Å². The minimum absolute atomic E-state index is 0.307. The molecule has 1 heterocycles. The second-order valence-corrected chi connectivity index (χ2v) is 2.94. The zero-order valence-corrected chi connectivity index (χ0v) is 7.18. The Balaban J connectivity index is 2.54. The molecule has 1 aliphatic rings. The summed E-state index contributed by atoms with van der Waals surface area (Å²) in [5.41, 5.74) is 5.09. The minimum atomic E-state index is -4.23. The second-order valence-electron chi connectivity index (χ2n) is 2.94. The topological polar surface area (TPSA) is 38.5 Å². The fraction of sp³-hybridized carbons (Fsp3) is 1.00. The Labute approximate surface area is 74.6 Å². The standard InChI is InChI=1S/C7H13F3N2O/c8-7(9,10)6(5-11)12-1-3-13-4-2-12/h6H,1-5,11H2/t6-/m0/s1. The maximum Gasteiger partial charge on any atom is 0.405 e. The number of morpholine rings is 1. The van der Waals surface area contributed by atoms with Crippen LogP contribution in [0.15, 0.2) is 0 Å². The first-order valence-corrected chi connectivity index (χ1v) is 4.14. The molecule has 0 aromatic heterocycles. The van der Waals surface area contributed by atoms with Gasteiger partial charge in [0.2, 0.25) is 0 Å². The Morgan fingerprint density at radius 2 is 1.85 bits per heavy atom.